The van der Waals surface area contributed by atoms with Crippen LogP contribution in [0.25, 0.3) is 0 Å². The highest BCUT2D eigenvalue weighted by Gasteiger charge is 2.29. The predicted octanol–water partition coefficient (Wildman–Crippen LogP) is 1.73. The molecule has 1 N–H and O–H groups in total. The molecule has 2 heterocycles. The third-order valence-corrected chi connectivity index (χ3v) is 6.51. The van der Waals surface area contributed by atoms with Crippen molar-refractivity contribution in [2.24, 2.45) is 0 Å². The van der Waals surface area contributed by atoms with Gasteiger partial charge < -0.3 is 9.64 Å². The molecule has 1 aromatic rings. The van der Waals surface area contributed by atoms with Gasteiger partial charge in [-0.05, 0) is 31.4 Å². The third kappa shape index (κ3) is 4.08. The summed E-state index contributed by atoms with van der Waals surface area (Å²) in [4.78, 5) is 2.26. The molecule has 1 unspecified atom stereocenters. The highest BCUT2D eigenvalue weighted by atomic mass is 32.2. The fourth-order valence-corrected chi connectivity index (χ4v) is 4.91. The Morgan fingerprint density at radius 1 is 1.17 bits per heavy atom. The topological polar surface area (TPSA) is 61.9 Å². The number of anilines is 1. The lowest BCUT2D eigenvalue weighted by Crippen LogP contribution is -2.47. The molecule has 2 aliphatic rings. The lowest BCUT2D eigenvalue weighted by molar-refractivity contribution is 0.122. The number of nitrogens with zero attached hydrogens (tertiary/aromatic N) is 2. The fraction of sp³-hybridized carbons (Fsp3) is 0.647. The Bertz CT molecular complexity index is 644. The molecule has 2 fully saturated rings. The van der Waals surface area contributed by atoms with Crippen LogP contribution in [0.3, 0.4) is 0 Å². The van der Waals surface area contributed by atoms with E-state index < -0.39 is 10.2 Å². The summed E-state index contributed by atoms with van der Waals surface area (Å²) in [5, 5.41) is 0. The Balaban J connectivity index is 1.70. The standard InChI is InChI=1S/C17H27N3O3S/c1-15-6-4-5-9-20(15)24(21,22)18-14-16-7-2-3-8-17(16)19-10-12-23-13-11-19/h2-3,7-8,15,18H,4-6,9-14H2,1H3. The second kappa shape index (κ2) is 7.82. The lowest BCUT2D eigenvalue weighted by atomic mass is 10.1. The van der Waals surface area contributed by atoms with Gasteiger partial charge in [-0.3, -0.25) is 0 Å². The van der Waals surface area contributed by atoms with Gasteiger partial charge in [0.25, 0.3) is 10.2 Å². The molecule has 2 aliphatic heterocycles. The molecule has 0 spiro atoms. The van der Waals surface area contributed by atoms with Crippen LogP contribution < -0.4 is 9.62 Å². The van der Waals surface area contributed by atoms with Crippen LogP contribution in [0.4, 0.5) is 5.69 Å². The number of benzene rings is 1. The number of rotatable bonds is 5. The number of para-hydroxylation sites is 1. The van der Waals surface area contributed by atoms with Gasteiger partial charge in [-0.2, -0.15) is 17.4 Å². The van der Waals surface area contributed by atoms with Crippen LogP contribution in [0.1, 0.15) is 31.7 Å². The zero-order chi connectivity index (χ0) is 17.0. The van der Waals surface area contributed by atoms with E-state index in [9.17, 15) is 8.42 Å². The summed E-state index contributed by atoms with van der Waals surface area (Å²) in [6.07, 6.45) is 2.98. The number of morpholine rings is 1. The van der Waals surface area contributed by atoms with Gasteiger partial charge in [-0.15, -0.1) is 0 Å². The largest absolute Gasteiger partial charge is 0.378 e. The minimum Gasteiger partial charge on any atom is -0.378 e. The van der Waals surface area contributed by atoms with Crippen LogP contribution in [0.2, 0.25) is 0 Å². The summed E-state index contributed by atoms with van der Waals surface area (Å²) in [6, 6.07) is 8.07. The van der Waals surface area contributed by atoms with E-state index in [0.29, 0.717) is 26.3 Å². The molecule has 1 aromatic carbocycles. The second-order valence-electron chi connectivity index (χ2n) is 6.51. The van der Waals surface area contributed by atoms with Crippen LogP contribution in [0, 0.1) is 0 Å². The van der Waals surface area contributed by atoms with Crippen molar-refractivity contribution < 1.29 is 13.2 Å². The molecule has 0 saturated carbocycles. The van der Waals surface area contributed by atoms with Crippen molar-refractivity contribution >= 4 is 15.9 Å². The molecule has 2 saturated heterocycles. The molecular weight excluding hydrogens is 326 g/mol. The van der Waals surface area contributed by atoms with E-state index in [4.69, 9.17) is 4.74 Å². The second-order valence-corrected chi connectivity index (χ2v) is 8.22. The quantitative estimate of drug-likeness (QED) is 0.876. The highest BCUT2D eigenvalue weighted by Crippen LogP contribution is 2.23. The first-order chi connectivity index (χ1) is 11.6. The van der Waals surface area contributed by atoms with Gasteiger partial charge >= 0.3 is 0 Å². The molecule has 0 bridgehead atoms. The van der Waals surface area contributed by atoms with Crippen molar-refractivity contribution in [3.05, 3.63) is 29.8 Å². The van der Waals surface area contributed by atoms with Gasteiger partial charge in [0.05, 0.1) is 13.2 Å². The van der Waals surface area contributed by atoms with Crippen LogP contribution in [-0.2, 0) is 21.5 Å². The van der Waals surface area contributed by atoms with E-state index in [1.54, 1.807) is 4.31 Å². The molecule has 1 atom stereocenters. The Labute approximate surface area is 145 Å². The number of ether oxygens (including phenoxy) is 1. The van der Waals surface area contributed by atoms with Crippen molar-refractivity contribution in [2.45, 2.75) is 38.8 Å². The zero-order valence-corrected chi connectivity index (χ0v) is 15.1. The number of nitrogens with one attached hydrogen (secondary N) is 1. The molecule has 0 radical (unpaired) electrons. The van der Waals surface area contributed by atoms with Crippen LogP contribution >= 0.6 is 0 Å². The van der Waals surface area contributed by atoms with Crippen molar-refractivity contribution in [3.8, 4) is 0 Å². The first-order valence-corrected chi connectivity index (χ1v) is 10.2. The first-order valence-electron chi connectivity index (χ1n) is 8.75. The maximum Gasteiger partial charge on any atom is 0.279 e. The van der Waals surface area contributed by atoms with Gasteiger partial charge in [0.1, 0.15) is 0 Å². The minimum atomic E-state index is -3.44. The van der Waals surface area contributed by atoms with Crippen LogP contribution in [-0.4, -0.2) is 51.6 Å². The van der Waals surface area contributed by atoms with Gasteiger partial charge in [0.2, 0.25) is 0 Å². The number of hydrogen-bond donors (Lipinski definition) is 1. The minimum absolute atomic E-state index is 0.0748. The van der Waals surface area contributed by atoms with E-state index in [1.165, 1.54) is 0 Å². The Hall–Kier alpha value is -1.15. The molecule has 24 heavy (non-hydrogen) atoms. The summed E-state index contributed by atoms with van der Waals surface area (Å²) in [5.74, 6) is 0. The summed E-state index contributed by atoms with van der Waals surface area (Å²) < 4.78 is 35.1. The molecular formula is C17H27N3O3S. The van der Waals surface area contributed by atoms with Gasteiger partial charge in [0.15, 0.2) is 0 Å². The average Bonchev–Trinajstić information content (AvgIpc) is 2.61. The maximum absolute atomic E-state index is 12.6. The van der Waals surface area contributed by atoms with Gasteiger partial charge in [-0.1, -0.05) is 24.6 Å². The maximum atomic E-state index is 12.6. The first kappa shape index (κ1) is 17.7. The molecule has 3 rings (SSSR count). The smallest absolute Gasteiger partial charge is 0.279 e. The number of piperidine rings is 1. The summed E-state index contributed by atoms with van der Waals surface area (Å²) >= 11 is 0. The van der Waals surface area contributed by atoms with Gasteiger partial charge in [0, 0.05) is 37.9 Å². The highest BCUT2D eigenvalue weighted by molar-refractivity contribution is 7.87. The Kier molecular flexibility index (Phi) is 5.76. The molecule has 6 nitrogen and oxygen atoms in total. The van der Waals surface area contributed by atoms with Crippen molar-refractivity contribution in [1.29, 1.82) is 0 Å². The lowest BCUT2D eigenvalue weighted by Gasteiger charge is -2.33. The molecule has 134 valence electrons. The molecule has 0 amide bonds. The van der Waals surface area contributed by atoms with Crippen LogP contribution in [0.5, 0.6) is 0 Å². The Morgan fingerprint density at radius 2 is 1.92 bits per heavy atom. The summed E-state index contributed by atoms with van der Waals surface area (Å²) in [6.45, 7) is 6.03. The number of hydrogen-bond acceptors (Lipinski definition) is 4. The summed E-state index contributed by atoms with van der Waals surface area (Å²) in [5.41, 5.74) is 2.10. The van der Waals surface area contributed by atoms with Crippen molar-refractivity contribution in [1.82, 2.24) is 9.03 Å². The normalized spacial score (nSPS) is 23.4. The van der Waals surface area contributed by atoms with Crippen molar-refractivity contribution in [2.75, 3.05) is 37.7 Å². The molecule has 7 heteroatoms. The molecule has 0 aromatic heterocycles. The fourth-order valence-electron chi connectivity index (χ4n) is 3.45. The third-order valence-electron chi connectivity index (χ3n) is 4.84. The van der Waals surface area contributed by atoms with E-state index in [-0.39, 0.29) is 6.04 Å². The predicted molar refractivity (Wildman–Crippen MR) is 95.3 cm³/mol. The van der Waals surface area contributed by atoms with E-state index in [1.807, 2.05) is 25.1 Å². The monoisotopic (exact) mass is 353 g/mol. The van der Waals surface area contributed by atoms with E-state index in [2.05, 4.69) is 15.7 Å². The van der Waals surface area contributed by atoms with Crippen molar-refractivity contribution in [3.63, 3.8) is 0 Å². The average molecular weight is 353 g/mol. The van der Waals surface area contributed by atoms with Crippen LogP contribution in [0.15, 0.2) is 24.3 Å². The Morgan fingerprint density at radius 3 is 2.67 bits per heavy atom. The zero-order valence-electron chi connectivity index (χ0n) is 14.3. The summed E-state index contributed by atoms with van der Waals surface area (Å²) in [7, 11) is -3.44. The van der Waals surface area contributed by atoms with E-state index in [0.717, 1.165) is 43.6 Å². The van der Waals surface area contributed by atoms with Gasteiger partial charge in [-0.25, -0.2) is 0 Å². The SMILES string of the molecule is CC1CCCCN1S(=O)(=O)NCc1ccccc1N1CCOCC1. The van der Waals surface area contributed by atoms with E-state index >= 15 is 0 Å². The molecule has 0 aliphatic carbocycles.